The van der Waals surface area contributed by atoms with Gasteiger partial charge in [0.2, 0.25) is 0 Å². The molecule has 0 bridgehead atoms. The van der Waals surface area contributed by atoms with E-state index in [0.717, 1.165) is 99.5 Å². The molecule has 0 N–H and O–H groups in total. The molecule has 0 fully saturated rings. The molecule has 0 saturated carbocycles. The number of nitrogens with zero attached hydrogens (tertiary/aromatic N) is 4. The van der Waals surface area contributed by atoms with Gasteiger partial charge in [0.25, 0.3) is 0 Å². The van der Waals surface area contributed by atoms with Gasteiger partial charge >= 0.3 is 0 Å². The molecule has 0 unspecified atom stereocenters. The molecule has 4 aromatic heterocycles. The average Bonchev–Trinajstić information content (AvgIpc) is 3.85. The molecule has 4 heterocycles. The lowest BCUT2D eigenvalue weighted by Crippen LogP contribution is -2.01. The van der Waals surface area contributed by atoms with Crippen LogP contribution < -0.4 is 0 Å². The Labute approximate surface area is 327 Å². The van der Waals surface area contributed by atoms with E-state index in [1.807, 2.05) is 79.0 Å². The number of hydrogen-bond acceptors (Lipinski definition) is 6. The van der Waals surface area contributed by atoms with Crippen LogP contribution in [0.25, 0.3) is 111 Å². The van der Waals surface area contributed by atoms with Gasteiger partial charge in [0.05, 0.1) is 0 Å². The first-order valence-electron chi connectivity index (χ1n) is 18.9. The van der Waals surface area contributed by atoms with Crippen molar-refractivity contribution in [3.8, 4) is 67.5 Å². The van der Waals surface area contributed by atoms with E-state index in [0.29, 0.717) is 17.5 Å². The molecule has 11 rings (SSSR count). The molecule has 268 valence electrons. The normalized spacial score (nSPS) is 11.6. The lowest BCUT2D eigenvalue weighted by Gasteiger charge is -2.13. The number of aryl methyl sites for hydroxylation is 1. The molecule has 11 aromatic rings. The van der Waals surface area contributed by atoms with E-state index in [2.05, 4.69) is 103 Å². The Morgan fingerprint density at radius 2 is 0.895 bits per heavy atom. The predicted molar refractivity (Wildman–Crippen MR) is 230 cm³/mol. The summed E-state index contributed by atoms with van der Waals surface area (Å²) in [6.45, 7) is 2.11. The fraction of sp³-hybridized carbons (Fsp3) is 0.0196. The minimum Gasteiger partial charge on any atom is -0.455 e. The van der Waals surface area contributed by atoms with Gasteiger partial charge in [0, 0.05) is 67.3 Å². The highest BCUT2D eigenvalue weighted by atomic mass is 16.3. The molecule has 0 atom stereocenters. The van der Waals surface area contributed by atoms with Gasteiger partial charge in [-0.05, 0) is 71.6 Å². The van der Waals surface area contributed by atoms with Crippen LogP contribution in [0.4, 0.5) is 0 Å². The van der Waals surface area contributed by atoms with Crippen molar-refractivity contribution in [1.29, 1.82) is 0 Å². The second-order valence-electron chi connectivity index (χ2n) is 14.3. The van der Waals surface area contributed by atoms with Crippen LogP contribution in [0.1, 0.15) is 5.56 Å². The van der Waals surface area contributed by atoms with Crippen molar-refractivity contribution < 1.29 is 8.83 Å². The highest BCUT2D eigenvalue weighted by Gasteiger charge is 2.20. The van der Waals surface area contributed by atoms with Crippen molar-refractivity contribution in [2.24, 2.45) is 0 Å². The maximum absolute atomic E-state index is 6.58. The molecule has 0 spiro atoms. The van der Waals surface area contributed by atoms with Crippen LogP contribution in [-0.2, 0) is 0 Å². The molecule has 0 aliphatic heterocycles. The van der Waals surface area contributed by atoms with Crippen LogP contribution in [-0.4, -0.2) is 19.9 Å². The van der Waals surface area contributed by atoms with Gasteiger partial charge in [0.15, 0.2) is 17.5 Å². The Balaban J connectivity index is 1.16. The Morgan fingerprint density at radius 3 is 1.49 bits per heavy atom. The molecule has 0 radical (unpaired) electrons. The van der Waals surface area contributed by atoms with Crippen LogP contribution in [0.5, 0.6) is 0 Å². The van der Waals surface area contributed by atoms with E-state index >= 15 is 0 Å². The Bertz CT molecular complexity index is 3180. The van der Waals surface area contributed by atoms with E-state index < -0.39 is 0 Å². The monoisotopic (exact) mass is 732 g/mol. The molecule has 0 aliphatic carbocycles. The third kappa shape index (κ3) is 5.66. The summed E-state index contributed by atoms with van der Waals surface area (Å²) in [5, 5.41) is 4.29. The summed E-state index contributed by atoms with van der Waals surface area (Å²) in [6, 6.07) is 56.0. The van der Waals surface area contributed by atoms with Crippen LogP contribution in [0.15, 0.2) is 185 Å². The summed E-state index contributed by atoms with van der Waals surface area (Å²) in [7, 11) is 0. The van der Waals surface area contributed by atoms with Gasteiger partial charge in [-0.25, -0.2) is 15.0 Å². The van der Waals surface area contributed by atoms with E-state index in [-0.39, 0.29) is 0 Å². The summed E-state index contributed by atoms with van der Waals surface area (Å²) in [5.74, 6) is 1.74. The summed E-state index contributed by atoms with van der Waals surface area (Å²) in [6.07, 6.45) is 3.68. The lowest BCUT2D eigenvalue weighted by atomic mass is 9.94. The number of hydrogen-bond donors (Lipinski definition) is 0. The van der Waals surface area contributed by atoms with Gasteiger partial charge in [-0.2, -0.15) is 0 Å². The maximum Gasteiger partial charge on any atom is 0.164 e. The number of benzene rings is 7. The zero-order chi connectivity index (χ0) is 37.9. The molecular weight excluding hydrogens is 701 g/mol. The highest BCUT2D eigenvalue weighted by Crippen LogP contribution is 2.42. The first-order chi connectivity index (χ1) is 28.1. The third-order valence-electron chi connectivity index (χ3n) is 10.7. The van der Waals surface area contributed by atoms with E-state index in [1.54, 1.807) is 6.20 Å². The fourth-order valence-corrected chi connectivity index (χ4v) is 8.02. The van der Waals surface area contributed by atoms with Crippen molar-refractivity contribution >= 4 is 43.9 Å². The van der Waals surface area contributed by atoms with Crippen LogP contribution in [0.2, 0.25) is 0 Å². The molecule has 6 nitrogen and oxygen atoms in total. The topological polar surface area (TPSA) is 77.8 Å². The quantitative estimate of drug-likeness (QED) is 0.169. The number of pyridine rings is 1. The minimum atomic E-state index is 0.560. The smallest absolute Gasteiger partial charge is 0.164 e. The maximum atomic E-state index is 6.58. The van der Waals surface area contributed by atoms with Crippen molar-refractivity contribution in [3.63, 3.8) is 0 Å². The summed E-state index contributed by atoms with van der Waals surface area (Å²) < 4.78 is 13.2. The number of para-hydroxylation sites is 4. The Morgan fingerprint density at radius 1 is 0.368 bits per heavy atom. The Kier molecular flexibility index (Phi) is 7.60. The van der Waals surface area contributed by atoms with Crippen LogP contribution >= 0.6 is 0 Å². The van der Waals surface area contributed by atoms with E-state index in [1.165, 1.54) is 0 Å². The zero-order valence-corrected chi connectivity index (χ0v) is 30.8. The molecule has 0 amide bonds. The van der Waals surface area contributed by atoms with Crippen molar-refractivity contribution in [2.45, 2.75) is 6.92 Å². The number of furan rings is 2. The summed E-state index contributed by atoms with van der Waals surface area (Å²) in [4.78, 5) is 19.8. The zero-order valence-electron chi connectivity index (χ0n) is 30.8. The van der Waals surface area contributed by atoms with Crippen molar-refractivity contribution in [1.82, 2.24) is 19.9 Å². The van der Waals surface area contributed by atoms with Crippen molar-refractivity contribution in [2.75, 3.05) is 0 Å². The fourth-order valence-electron chi connectivity index (χ4n) is 8.02. The van der Waals surface area contributed by atoms with E-state index in [9.17, 15) is 0 Å². The largest absolute Gasteiger partial charge is 0.455 e. The van der Waals surface area contributed by atoms with E-state index in [4.69, 9.17) is 23.8 Å². The van der Waals surface area contributed by atoms with Gasteiger partial charge in [-0.3, -0.25) is 4.98 Å². The molecule has 0 aliphatic rings. The second-order valence-corrected chi connectivity index (χ2v) is 14.3. The first kappa shape index (κ1) is 32.7. The van der Waals surface area contributed by atoms with Gasteiger partial charge < -0.3 is 8.83 Å². The molecule has 7 aromatic carbocycles. The second kappa shape index (κ2) is 13.3. The lowest BCUT2D eigenvalue weighted by molar-refractivity contribution is 0.670. The van der Waals surface area contributed by atoms with Gasteiger partial charge in [0.1, 0.15) is 22.3 Å². The van der Waals surface area contributed by atoms with Crippen molar-refractivity contribution in [3.05, 3.63) is 182 Å². The van der Waals surface area contributed by atoms with Gasteiger partial charge in [-0.1, -0.05) is 121 Å². The molecule has 57 heavy (non-hydrogen) atoms. The summed E-state index contributed by atoms with van der Waals surface area (Å²) >= 11 is 0. The standard InChI is InChI=1S/C51H32N4O2/c1-31-26-33(23-24-38(31)34-14-11-25-52-30-34)50-53-49(32-12-3-2-4-13-32)54-51(55-50)37-28-35(39-17-9-19-43-41-15-5-7-21-45(41)56-47(39)43)27-36(29-37)40-18-10-20-44-42-16-6-8-22-46(42)57-48(40)44/h2-30H,1H3. The molecular formula is C51H32N4O2. The van der Waals surface area contributed by atoms with Crippen LogP contribution in [0, 0.1) is 6.92 Å². The molecule has 0 saturated heterocycles. The average molecular weight is 733 g/mol. The number of rotatable bonds is 6. The van der Waals surface area contributed by atoms with Gasteiger partial charge in [-0.15, -0.1) is 0 Å². The third-order valence-corrected chi connectivity index (χ3v) is 10.7. The molecule has 6 heteroatoms. The predicted octanol–water partition coefficient (Wildman–Crippen LogP) is 13.4. The SMILES string of the molecule is Cc1cc(-c2nc(-c3ccccc3)nc(-c3cc(-c4cccc5c4oc4ccccc45)cc(-c4cccc5c4oc4ccccc45)c3)n2)ccc1-c1cccnc1. The van der Waals surface area contributed by atoms with Crippen LogP contribution in [0.3, 0.4) is 0 Å². The summed E-state index contributed by atoms with van der Waals surface area (Å²) in [5.41, 5.74) is 13.2. The number of fused-ring (bicyclic) bond motifs is 6. The highest BCUT2D eigenvalue weighted by molar-refractivity contribution is 6.11. The first-order valence-corrected chi connectivity index (χ1v) is 18.9. The minimum absolute atomic E-state index is 0.560. The number of aromatic nitrogens is 4. The Hall–Kier alpha value is -7.70.